The van der Waals surface area contributed by atoms with Gasteiger partial charge in [-0.1, -0.05) is 11.6 Å². The van der Waals surface area contributed by atoms with Gasteiger partial charge in [0.15, 0.2) is 0 Å². The summed E-state index contributed by atoms with van der Waals surface area (Å²) < 4.78 is 1.50. The van der Waals surface area contributed by atoms with Crippen LogP contribution in [0.3, 0.4) is 0 Å². The highest BCUT2D eigenvalue weighted by Crippen LogP contribution is 2.22. The molecule has 2 rings (SSSR count). The summed E-state index contributed by atoms with van der Waals surface area (Å²) in [6, 6.07) is 9.70. The topological polar surface area (TPSA) is 66.0 Å². The van der Waals surface area contributed by atoms with Crippen LogP contribution in [0.15, 0.2) is 36.5 Å². The fourth-order valence-electron chi connectivity index (χ4n) is 1.57. The summed E-state index contributed by atoms with van der Waals surface area (Å²) in [5.41, 5.74) is 0.836. The molecule has 0 aliphatic carbocycles. The molecule has 1 aromatic carbocycles. The zero-order valence-electron chi connectivity index (χ0n) is 8.59. The molecule has 1 aromatic heterocycles. The maximum atomic E-state index is 11.1. The van der Waals surface area contributed by atoms with Gasteiger partial charge in [0, 0.05) is 11.2 Å². The van der Waals surface area contributed by atoms with Crippen LogP contribution in [0.2, 0.25) is 5.02 Å². The molecule has 0 amide bonds. The summed E-state index contributed by atoms with van der Waals surface area (Å²) in [6.45, 7) is 0. The maximum absolute atomic E-state index is 11.1. The van der Waals surface area contributed by atoms with Crippen molar-refractivity contribution in [3.63, 3.8) is 0 Å². The average molecular weight is 247 g/mol. The van der Waals surface area contributed by atoms with Crippen LogP contribution in [0.4, 0.5) is 0 Å². The van der Waals surface area contributed by atoms with E-state index in [0.29, 0.717) is 16.4 Å². The zero-order chi connectivity index (χ0) is 12.4. The van der Waals surface area contributed by atoms with E-state index in [4.69, 9.17) is 22.0 Å². The first-order valence-corrected chi connectivity index (χ1v) is 5.12. The molecule has 1 heterocycles. The molecule has 4 nitrogen and oxygen atoms in total. The first-order valence-electron chi connectivity index (χ1n) is 4.74. The molecule has 0 aliphatic rings. The lowest BCUT2D eigenvalue weighted by Gasteiger charge is -2.09. The van der Waals surface area contributed by atoms with E-state index in [1.54, 1.807) is 18.3 Å². The summed E-state index contributed by atoms with van der Waals surface area (Å²) in [5.74, 6) is -1.06. The quantitative estimate of drug-likeness (QED) is 0.886. The second-order valence-electron chi connectivity index (χ2n) is 3.34. The van der Waals surface area contributed by atoms with E-state index in [1.165, 1.54) is 22.8 Å². The summed E-state index contributed by atoms with van der Waals surface area (Å²) in [7, 11) is 0. The Hall–Kier alpha value is -2.25. The van der Waals surface area contributed by atoms with Crippen molar-refractivity contribution in [2.75, 3.05) is 0 Å². The van der Waals surface area contributed by atoms with Gasteiger partial charge >= 0.3 is 5.97 Å². The van der Waals surface area contributed by atoms with E-state index < -0.39 is 5.97 Å². The molecule has 0 bridgehead atoms. The van der Waals surface area contributed by atoms with Gasteiger partial charge in [0.1, 0.15) is 11.8 Å². The number of hydrogen-bond donors (Lipinski definition) is 1. The molecular weight excluding hydrogens is 240 g/mol. The summed E-state index contributed by atoms with van der Waals surface area (Å²) in [5, 5.41) is 18.4. The third kappa shape index (κ3) is 2.01. The Labute approximate surface area is 102 Å². The number of rotatable bonds is 2. The number of aromatic carboxylic acids is 1. The highest BCUT2D eigenvalue weighted by molar-refractivity contribution is 6.30. The molecule has 17 heavy (non-hydrogen) atoms. The van der Waals surface area contributed by atoms with Crippen molar-refractivity contribution in [2.24, 2.45) is 0 Å². The largest absolute Gasteiger partial charge is 0.478 e. The molecule has 0 fully saturated rings. The van der Waals surface area contributed by atoms with E-state index >= 15 is 0 Å². The van der Waals surface area contributed by atoms with Crippen molar-refractivity contribution in [1.29, 1.82) is 5.26 Å². The molecule has 0 saturated heterocycles. The highest BCUT2D eigenvalue weighted by atomic mass is 35.5. The van der Waals surface area contributed by atoms with Gasteiger partial charge in [-0.2, -0.15) is 5.26 Å². The third-order valence-electron chi connectivity index (χ3n) is 2.31. The SMILES string of the molecule is N#Cc1cccn1-c1cc(Cl)ccc1C(=O)O. The number of carbonyl (C=O) groups is 1. The standard InChI is InChI=1S/C12H7ClN2O2/c13-8-3-4-10(12(16)17)11(6-8)15-5-1-2-9(15)7-14/h1-6H,(H,16,17). The predicted molar refractivity (Wildman–Crippen MR) is 62.5 cm³/mol. The van der Waals surface area contributed by atoms with Gasteiger partial charge in [0.05, 0.1) is 11.3 Å². The van der Waals surface area contributed by atoms with Gasteiger partial charge in [-0.3, -0.25) is 0 Å². The van der Waals surface area contributed by atoms with Crippen molar-refractivity contribution in [2.45, 2.75) is 0 Å². The van der Waals surface area contributed by atoms with Gasteiger partial charge in [-0.25, -0.2) is 4.79 Å². The van der Waals surface area contributed by atoms with E-state index in [1.807, 2.05) is 6.07 Å². The van der Waals surface area contributed by atoms with E-state index in [9.17, 15) is 4.79 Å². The van der Waals surface area contributed by atoms with E-state index in [-0.39, 0.29) is 5.56 Å². The number of halogens is 1. The monoisotopic (exact) mass is 246 g/mol. The number of carboxylic acid groups (broad SMARTS) is 1. The Morgan fingerprint density at radius 3 is 2.82 bits per heavy atom. The minimum atomic E-state index is -1.06. The lowest BCUT2D eigenvalue weighted by atomic mass is 10.1. The van der Waals surface area contributed by atoms with Crippen LogP contribution >= 0.6 is 11.6 Å². The summed E-state index contributed by atoms with van der Waals surface area (Å²) >= 11 is 5.84. The highest BCUT2D eigenvalue weighted by Gasteiger charge is 2.13. The van der Waals surface area contributed by atoms with Gasteiger partial charge in [0.2, 0.25) is 0 Å². The first kappa shape index (κ1) is 11.2. The molecular formula is C12H7ClN2O2. The van der Waals surface area contributed by atoms with Crippen LogP contribution in [-0.4, -0.2) is 15.6 Å². The Balaban J connectivity index is 2.70. The number of benzene rings is 1. The van der Waals surface area contributed by atoms with E-state index in [2.05, 4.69) is 0 Å². The Morgan fingerprint density at radius 2 is 2.18 bits per heavy atom. The van der Waals surface area contributed by atoms with Crippen molar-refractivity contribution >= 4 is 17.6 Å². The summed E-state index contributed by atoms with van der Waals surface area (Å²) in [4.78, 5) is 11.1. The van der Waals surface area contributed by atoms with Gasteiger partial charge in [-0.15, -0.1) is 0 Å². The Kier molecular flexibility index (Phi) is 2.86. The summed E-state index contributed by atoms with van der Waals surface area (Å²) in [6.07, 6.45) is 1.62. The molecule has 0 atom stereocenters. The van der Waals surface area contributed by atoms with Crippen molar-refractivity contribution in [3.8, 4) is 11.8 Å². The number of aromatic nitrogens is 1. The van der Waals surface area contributed by atoms with Gasteiger partial charge in [0.25, 0.3) is 0 Å². The van der Waals surface area contributed by atoms with Gasteiger partial charge < -0.3 is 9.67 Å². The minimum absolute atomic E-state index is 0.0992. The molecule has 1 N–H and O–H groups in total. The maximum Gasteiger partial charge on any atom is 0.337 e. The molecule has 2 aromatic rings. The number of hydrogen-bond acceptors (Lipinski definition) is 2. The second-order valence-corrected chi connectivity index (χ2v) is 3.78. The van der Waals surface area contributed by atoms with Crippen LogP contribution in [0.25, 0.3) is 5.69 Å². The van der Waals surface area contributed by atoms with Crippen molar-refractivity contribution in [1.82, 2.24) is 4.57 Å². The molecule has 0 aliphatic heterocycles. The average Bonchev–Trinajstić information content (AvgIpc) is 2.76. The number of carboxylic acids is 1. The minimum Gasteiger partial charge on any atom is -0.478 e. The van der Waals surface area contributed by atoms with Crippen LogP contribution in [0.1, 0.15) is 16.1 Å². The Morgan fingerprint density at radius 1 is 1.41 bits per heavy atom. The van der Waals surface area contributed by atoms with Gasteiger partial charge in [-0.05, 0) is 30.3 Å². The Bertz CT molecular complexity index is 626. The molecule has 84 valence electrons. The van der Waals surface area contributed by atoms with E-state index in [0.717, 1.165) is 0 Å². The first-order chi connectivity index (χ1) is 8.13. The molecule has 0 saturated carbocycles. The number of nitriles is 1. The zero-order valence-corrected chi connectivity index (χ0v) is 9.35. The van der Waals surface area contributed by atoms with Crippen LogP contribution in [0.5, 0.6) is 0 Å². The van der Waals surface area contributed by atoms with Crippen LogP contribution in [-0.2, 0) is 0 Å². The normalized spacial score (nSPS) is 9.88. The molecule has 0 unspecified atom stereocenters. The van der Waals surface area contributed by atoms with Crippen LogP contribution < -0.4 is 0 Å². The third-order valence-corrected chi connectivity index (χ3v) is 2.55. The molecule has 0 radical (unpaired) electrons. The fraction of sp³-hybridized carbons (Fsp3) is 0. The predicted octanol–water partition coefficient (Wildman–Crippen LogP) is 2.70. The van der Waals surface area contributed by atoms with Crippen LogP contribution in [0, 0.1) is 11.3 Å². The lowest BCUT2D eigenvalue weighted by molar-refractivity contribution is 0.0697. The molecule has 5 heteroatoms. The fourth-order valence-corrected chi connectivity index (χ4v) is 1.73. The van der Waals surface area contributed by atoms with Crippen molar-refractivity contribution < 1.29 is 9.90 Å². The smallest absolute Gasteiger partial charge is 0.337 e. The lowest BCUT2D eigenvalue weighted by Crippen LogP contribution is -2.05. The molecule has 0 spiro atoms. The van der Waals surface area contributed by atoms with Crippen molar-refractivity contribution in [3.05, 3.63) is 52.8 Å². The number of nitrogens with zero attached hydrogens (tertiary/aromatic N) is 2. The second kappa shape index (κ2) is 4.32.